The molecule has 2 aliphatic heterocycles. The number of hydrogen-bond acceptors (Lipinski definition) is 3. The van der Waals surface area contributed by atoms with Crippen LogP contribution in [0.5, 0.6) is 0 Å². The number of benzene rings is 1. The Kier molecular flexibility index (Phi) is 3.15. The summed E-state index contributed by atoms with van der Waals surface area (Å²) < 4.78 is 0. The van der Waals surface area contributed by atoms with Crippen molar-refractivity contribution in [1.82, 2.24) is 15.2 Å². The molecule has 3 heterocycles. The van der Waals surface area contributed by atoms with Crippen LogP contribution < -0.4 is 5.32 Å². The Balaban J connectivity index is 1.79. The van der Waals surface area contributed by atoms with Crippen molar-refractivity contribution in [2.45, 2.75) is 26.3 Å². The van der Waals surface area contributed by atoms with Crippen molar-refractivity contribution in [1.29, 1.82) is 0 Å². The summed E-state index contributed by atoms with van der Waals surface area (Å²) in [7, 11) is 0. The van der Waals surface area contributed by atoms with Gasteiger partial charge in [0, 0.05) is 36.8 Å². The van der Waals surface area contributed by atoms with Gasteiger partial charge in [0.15, 0.2) is 0 Å². The van der Waals surface area contributed by atoms with Gasteiger partial charge < -0.3 is 10.2 Å². The Labute approximate surface area is 130 Å². The molecule has 4 heteroatoms. The number of likely N-dealkylation sites (tertiary alicyclic amines) is 1. The van der Waals surface area contributed by atoms with Crippen molar-refractivity contribution in [2.24, 2.45) is 5.92 Å². The van der Waals surface area contributed by atoms with E-state index in [1.165, 1.54) is 0 Å². The van der Waals surface area contributed by atoms with Gasteiger partial charge in [-0.1, -0.05) is 11.6 Å². The van der Waals surface area contributed by atoms with Crippen molar-refractivity contribution < 1.29 is 4.79 Å². The van der Waals surface area contributed by atoms with E-state index in [0.717, 1.165) is 53.8 Å². The van der Waals surface area contributed by atoms with E-state index in [4.69, 9.17) is 0 Å². The number of pyridine rings is 1. The van der Waals surface area contributed by atoms with Crippen LogP contribution >= 0.6 is 0 Å². The second kappa shape index (κ2) is 5.06. The summed E-state index contributed by atoms with van der Waals surface area (Å²) in [6, 6.07) is 8.45. The first-order chi connectivity index (χ1) is 10.6. The lowest BCUT2D eigenvalue weighted by molar-refractivity contribution is 0.0739. The minimum Gasteiger partial charge on any atom is -0.334 e. The zero-order chi connectivity index (χ0) is 15.3. The Morgan fingerprint density at radius 2 is 2.14 bits per heavy atom. The van der Waals surface area contributed by atoms with Crippen LogP contribution in [0.4, 0.5) is 0 Å². The molecular weight excluding hydrogens is 274 g/mol. The van der Waals surface area contributed by atoms with Gasteiger partial charge in [-0.2, -0.15) is 0 Å². The molecule has 0 radical (unpaired) electrons. The first-order valence-corrected chi connectivity index (χ1v) is 8.03. The van der Waals surface area contributed by atoms with Gasteiger partial charge in [0.1, 0.15) is 0 Å². The van der Waals surface area contributed by atoms with Crippen molar-refractivity contribution in [3.05, 3.63) is 41.1 Å². The monoisotopic (exact) mass is 295 g/mol. The van der Waals surface area contributed by atoms with E-state index >= 15 is 0 Å². The molecule has 22 heavy (non-hydrogen) atoms. The molecule has 4 nitrogen and oxygen atoms in total. The second-order valence-corrected chi connectivity index (χ2v) is 6.60. The summed E-state index contributed by atoms with van der Waals surface area (Å²) >= 11 is 0. The molecule has 0 spiro atoms. The van der Waals surface area contributed by atoms with Gasteiger partial charge in [0.25, 0.3) is 5.91 Å². The highest BCUT2D eigenvalue weighted by atomic mass is 16.2. The van der Waals surface area contributed by atoms with Gasteiger partial charge in [-0.05, 0) is 44.4 Å². The zero-order valence-corrected chi connectivity index (χ0v) is 13.1. The maximum Gasteiger partial charge on any atom is 0.254 e. The number of carbonyl (C=O) groups is 1. The molecule has 0 saturated carbocycles. The predicted molar refractivity (Wildman–Crippen MR) is 87.0 cm³/mol. The van der Waals surface area contributed by atoms with Gasteiger partial charge in [-0.25, -0.2) is 0 Å². The third kappa shape index (κ3) is 2.10. The first-order valence-electron chi connectivity index (χ1n) is 8.03. The molecule has 2 fully saturated rings. The molecule has 0 bridgehead atoms. The fourth-order valence-corrected chi connectivity index (χ4v) is 3.90. The molecule has 2 aromatic rings. The Hall–Kier alpha value is -1.94. The van der Waals surface area contributed by atoms with E-state index in [-0.39, 0.29) is 5.91 Å². The van der Waals surface area contributed by atoms with Crippen LogP contribution in [0, 0.1) is 19.8 Å². The van der Waals surface area contributed by atoms with Crippen LogP contribution in [0.15, 0.2) is 24.3 Å². The molecule has 1 amide bonds. The Morgan fingerprint density at radius 3 is 3.00 bits per heavy atom. The van der Waals surface area contributed by atoms with Gasteiger partial charge in [0.2, 0.25) is 0 Å². The van der Waals surface area contributed by atoms with E-state index in [1.807, 2.05) is 19.1 Å². The van der Waals surface area contributed by atoms with Crippen molar-refractivity contribution in [2.75, 3.05) is 19.6 Å². The molecule has 0 aliphatic carbocycles. The van der Waals surface area contributed by atoms with Crippen LogP contribution in [0.3, 0.4) is 0 Å². The number of nitrogens with one attached hydrogen (secondary N) is 1. The molecule has 1 N–H and O–H groups in total. The van der Waals surface area contributed by atoms with Crippen LogP contribution in [0.25, 0.3) is 10.9 Å². The number of hydrogen-bond donors (Lipinski definition) is 1. The van der Waals surface area contributed by atoms with E-state index in [9.17, 15) is 4.79 Å². The first kappa shape index (κ1) is 13.7. The third-order valence-corrected chi connectivity index (χ3v) is 5.03. The van der Waals surface area contributed by atoms with Gasteiger partial charge in [-0.3, -0.25) is 9.78 Å². The predicted octanol–water partition coefficient (Wildman–Crippen LogP) is 2.29. The van der Waals surface area contributed by atoms with Gasteiger partial charge in [0.05, 0.1) is 11.1 Å². The fourth-order valence-electron chi connectivity index (χ4n) is 3.90. The van der Waals surface area contributed by atoms with Gasteiger partial charge in [-0.15, -0.1) is 0 Å². The van der Waals surface area contributed by atoms with Crippen LogP contribution in [0.1, 0.15) is 28.0 Å². The quantitative estimate of drug-likeness (QED) is 0.878. The highest BCUT2D eigenvalue weighted by Gasteiger charge is 2.40. The standard InChI is InChI=1S/C18H21N3O/c1-11-3-4-16-14(7-11)15(8-12(2)20-16)18(22)21-6-5-13-9-19-10-17(13)21/h3-4,7-8,13,17,19H,5-6,9-10H2,1-2H3/t13-,17+/m1/s1. The summed E-state index contributed by atoms with van der Waals surface area (Å²) in [6.45, 7) is 6.87. The van der Waals surface area contributed by atoms with Crippen molar-refractivity contribution in [3.63, 3.8) is 0 Å². The average Bonchev–Trinajstić information content (AvgIpc) is 3.09. The molecule has 2 aliphatic rings. The van der Waals surface area contributed by atoms with E-state index in [2.05, 4.69) is 34.3 Å². The molecule has 2 saturated heterocycles. The Morgan fingerprint density at radius 1 is 1.27 bits per heavy atom. The van der Waals surface area contributed by atoms with E-state index < -0.39 is 0 Å². The normalized spacial score (nSPS) is 24.0. The van der Waals surface area contributed by atoms with Crippen molar-refractivity contribution in [3.8, 4) is 0 Å². The summed E-state index contributed by atoms with van der Waals surface area (Å²) in [6.07, 6.45) is 1.12. The lowest BCUT2D eigenvalue weighted by Gasteiger charge is -2.24. The lowest BCUT2D eigenvalue weighted by Crippen LogP contribution is -2.39. The second-order valence-electron chi connectivity index (χ2n) is 6.60. The molecule has 0 unspecified atom stereocenters. The molecule has 2 atom stereocenters. The summed E-state index contributed by atoms with van der Waals surface area (Å²) in [5.74, 6) is 0.789. The number of fused-ring (bicyclic) bond motifs is 2. The molecule has 1 aromatic carbocycles. The Bertz CT molecular complexity index is 755. The third-order valence-electron chi connectivity index (χ3n) is 5.03. The zero-order valence-electron chi connectivity index (χ0n) is 13.1. The summed E-state index contributed by atoms with van der Waals surface area (Å²) in [4.78, 5) is 19.8. The maximum absolute atomic E-state index is 13.1. The molecule has 1 aromatic heterocycles. The average molecular weight is 295 g/mol. The smallest absolute Gasteiger partial charge is 0.254 e. The topological polar surface area (TPSA) is 45.2 Å². The SMILES string of the molecule is Cc1ccc2nc(C)cc(C(=O)N3CC[C@@H]4CNC[C@@H]43)c2c1. The number of aryl methyl sites for hydroxylation is 2. The molecule has 114 valence electrons. The van der Waals surface area contributed by atoms with Gasteiger partial charge >= 0.3 is 0 Å². The highest BCUT2D eigenvalue weighted by molar-refractivity contribution is 6.06. The molecular formula is C18H21N3O. The van der Waals surface area contributed by atoms with E-state index in [0.29, 0.717) is 12.0 Å². The number of carbonyl (C=O) groups excluding carboxylic acids is 1. The van der Waals surface area contributed by atoms with Crippen molar-refractivity contribution >= 4 is 16.8 Å². The number of rotatable bonds is 1. The maximum atomic E-state index is 13.1. The molecule has 4 rings (SSSR count). The van der Waals surface area contributed by atoms with E-state index in [1.54, 1.807) is 0 Å². The summed E-state index contributed by atoms with van der Waals surface area (Å²) in [5.41, 5.74) is 3.78. The fraction of sp³-hybridized carbons (Fsp3) is 0.444. The summed E-state index contributed by atoms with van der Waals surface area (Å²) in [5, 5.41) is 4.39. The minimum atomic E-state index is 0.164. The minimum absolute atomic E-state index is 0.164. The number of aromatic nitrogens is 1. The largest absolute Gasteiger partial charge is 0.334 e. The highest BCUT2D eigenvalue weighted by Crippen LogP contribution is 2.30. The van der Waals surface area contributed by atoms with Crippen LogP contribution in [-0.4, -0.2) is 41.5 Å². The van der Waals surface area contributed by atoms with Crippen LogP contribution in [0.2, 0.25) is 0 Å². The lowest BCUT2D eigenvalue weighted by atomic mass is 10.0. The number of amides is 1. The van der Waals surface area contributed by atoms with Crippen LogP contribution in [-0.2, 0) is 0 Å². The number of nitrogens with zero attached hydrogens (tertiary/aromatic N) is 2.